The normalized spacial score (nSPS) is 15.9. The lowest BCUT2D eigenvalue weighted by molar-refractivity contribution is -0.134. The number of hydrogen-bond donors (Lipinski definition) is 0. The summed E-state index contributed by atoms with van der Waals surface area (Å²) in [6.07, 6.45) is 0.602. The van der Waals surface area contributed by atoms with E-state index in [1.165, 1.54) is 12.1 Å². The molecule has 0 saturated carbocycles. The molecule has 3 aromatic rings. The number of benzene rings is 3. The maximum atomic E-state index is 13.4. The molecule has 0 aliphatic carbocycles. The van der Waals surface area contributed by atoms with Crippen LogP contribution in [-0.2, 0) is 11.3 Å². The number of carbonyl (C=O) groups is 1. The summed E-state index contributed by atoms with van der Waals surface area (Å²) < 4.78 is 13.4. The summed E-state index contributed by atoms with van der Waals surface area (Å²) in [5.74, 6) is -0.336. The van der Waals surface area contributed by atoms with Crippen LogP contribution in [0.15, 0.2) is 84.0 Å². The third kappa shape index (κ3) is 4.89. The van der Waals surface area contributed by atoms with Crippen molar-refractivity contribution in [3.8, 4) is 0 Å². The number of halogens is 1. The third-order valence-electron chi connectivity index (χ3n) is 5.59. The van der Waals surface area contributed by atoms with E-state index in [0.717, 1.165) is 28.0 Å². The fraction of sp³-hybridized carbons (Fsp3) is 0.231. The van der Waals surface area contributed by atoms with Gasteiger partial charge in [-0.2, -0.15) is 5.10 Å². The first kappa shape index (κ1) is 20.9. The molecule has 1 aliphatic heterocycles. The molecule has 1 amide bonds. The molecule has 3 aromatic carbocycles. The van der Waals surface area contributed by atoms with Crippen molar-refractivity contribution in [2.75, 3.05) is 13.6 Å². The van der Waals surface area contributed by atoms with Crippen molar-refractivity contribution in [1.82, 2.24) is 9.91 Å². The van der Waals surface area contributed by atoms with Crippen LogP contribution in [0.25, 0.3) is 0 Å². The summed E-state index contributed by atoms with van der Waals surface area (Å²) in [6, 6.07) is 24.3. The van der Waals surface area contributed by atoms with Gasteiger partial charge in [0.2, 0.25) is 0 Å². The molecule has 31 heavy (non-hydrogen) atoms. The molecule has 1 atom stereocenters. The topological polar surface area (TPSA) is 35.9 Å². The highest BCUT2D eigenvalue weighted by Crippen LogP contribution is 2.34. The molecule has 0 radical (unpaired) electrons. The van der Waals surface area contributed by atoms with E-state index in [1.807, 2.05) is 42.3 Å². The van der Waals surface area contributed by atoms with Crippen LogP contribution in [-0.4, -0.2) is 35.1 Å². The molecular weight excluding hydrogens is 389 g/mol. The first-order valence-electron chi connectivity index (χ1n) is 10.4. The van der Waals surface area contributed by atoms with Gasteiger partial charge < -0.3 is 0 Å². The molecule has 158 valence electrons. The van der Waals surface area contributed by atoms with Crippen LogP contribution in [0, 0.1) is 12.7 Å². The molecule has 0 spiro atoms. The zero-order valence-corrected chi connectivity index (χ0v) is 17.8. The Morgan fingerprint density at radius 2 is 1.71 bits per heavy atom. The Balaban J connectivity index is 1.57. The summed E-state index contributed by atoms with van der Waals surface area (Å²) in [5.41, 5.74) is 5.01. The molecule has 0 fully saturated rings. The van der Waals surface area contributed by atoms with E-state index in [0.29, 0.717) is 13.0 Å². The number of amides is 1. The van der Waals surface area contributed by atoms with Crippen LogP contribution in [0.1, 0.15) is 34.7 Å². The van der Waals surface area contributed by atoms with Crippen molar-refractivity contribution in [3.05, 3.63) is 107 Å². The zero-order valence-electron chi connectivity index (χ0n) is 17.8. The van der Waals surface area contributed by atoms with E-state index in [1.54, 1.807) is 17.1 Å². The fourth-order valence-electron chi connectivity index (χ4n) is 4.01. The van der Waals surface area contributed by atoms with E-state index < -0.39 is 0 Å². The molecule has 1 heterocycles. The first-order valence-corrected chi connectivity index (χ1v) is 10.4. The zero-order chi connectivity index (χ0) is 21.8. The summed E-state index contributed by atoms with van der Waals surface area (Å²) >= 11 is 0. The highest BCUT2D eigenvalue weighted by atomic mass is 19.1. The number of nitrogens with zero attached hydrogens (tertiary/aromatic N) is 3. The number of likely N-dealkylation sites (N-methyl/N-ethyl adjacent to an activating group) is 1. The fourth-order valence-corrected chi connectivity index (χ4v) is 4.01. The van der Waals surface area contributed by atoms with E-state index in [4.69, 9.17) is 5.10 Å². The van der Waals surface area contributed by atoms with Gasteiger partial charge in [-0.05, 0) is 48.4 Å². The summed E-state index contributed by atoms with van der Waals surface area (Å²) in [4.78, 5) is 15.3. The van der Waals surface area contributed by atoms with Gasteiger partial charge in [0.1, 0.15) is 5.82 Å². The monoisotopic (exact) mass is 415 g/mol. The first-order chi connectivity index (χ1) is 15.0. The summed E-state index contributed by atoms with van der Waals surface area (Å²) in [5, 5.41) is 6.31. The molecule has 0 N–H and O–H groups in total. The number of hydrogen-bond acceptors (Lipinski definition) is 3. The molecule has 0 saturated heterocycles. The maximum Gasteiger partial charge on any atom is 0.257 e. The predicted octanol–water partition coefficient (Wildman–Crippen LogP) is 4.94. The Bertz CT molecular complexity index is 1080. The van der Waals surface area contributed by atoms with Gasteiger partial charge in [-0.1, -0.05) is 66.7 Å². The highest BCUT2D eigenvalue weighted by molar-refractivity contribution is 6.03. The largest absolute Gasteiger partial charge is 0.293 e. The van der Waals surface area contributed by atoms with Gasteiger partial charge in [0.05, 0.1) is 18.3 Å². The van der Waals surface area contributed by atoms with Crippen molar-refractivity contribution in [3.63, 3.8) is 0 Å². The number of hydrazone groups is 1. The van der Waals surface area contributed by atoms with E-state index in [2.05, 4.69) is 31.2 Å². The summed E-state index contributed by atoms with van der Waals surface area (Å²) in [7, 11) is 1.94. The highest BCUT2D eigenvalue weighted by Gasteiger charge is 2.34. The summed E-state index contributed by atoms with van der Waals surface area (Å²) in [6.45, 7) is 3.00. The molecule has 5 heteroatoms. The molecule has 1 aliphatic rings. The van der Waals surface area contributed by atoms with Crippen molar-refractivity contribution in [2.24, 2.45) is 5.10 Å². The Labute approximate surface area is 182 Å². The quantitative estimate of drug-likeness (QED) is 0.571. The van der Waals surface area contributed by atoms with Gasteiger partial charge in [-0.3, -0.25) is 9.69 Å². The number of rotatable bonds is 6. The van der Waals surface area contributed by atoms with Crippen molar-refractivity contribution in [2.45, 2.75) is 25.9 Å². The van der Waals surface area contributed by atoms with Crippen LogP contribution in [0.3, 0.4) is 0 Å². The second-order valence-electron chi connectivity index (χ2n) is 8.03. The lowest BCUT2D eigenvalue weighted by Gasteiger charge is -2.25. The minimum Gasteiger partial charge on any atom is -0.293 e. The Morgan fingerprint density at radius 3 is 2.42 bits per heavy atom. The Kier molecular flexibility index (Phi) is 6.23. The van der Waals surface area contributed by atoms with Crippen molar-refractivity contribution >= 4 is 11.6 Å². The van der Waals surface area contributed by atoms with Crippen LogP contribution in [0.2, 0.25) is 0 Å². The maximum absolute atomic E-state index is 13.4. The molecule has 0 aromatic heterocycles. The Hall–Kier alpha value is -3.31. The average molecular weight is 416 g/mol. The average Bonchev–Trinajstić information content (AvgIpc) is 3.20. The lowest BCUT2D eigenvalue weighted by atomic mass is 9.95. The number of carbonyl (C=O) groups excluding carboxylic acids is 1. The molecular formula is C26H26FN3O. The van der Waals surface area contributed by atoms with Crippen LogP contribution in [0.4, 0.5) is 4.39 Å². The molecule has 0 bridgehead atoms. The SMILES string of the molecule is Cc1ccccc1[C@@H]1CC(c2ccc(F)cc2)=NN1C(=O)CN(C)Cc1ccccc1. The Morgan fingerprint density at radius 1 is 1.03 bits per heavy atom. The van der Waals surface area contributed by atoms with Gasteiger partial charge >= 0.3 is 0 Å². The van der Waals surface area contributed by atoms with Gasteiger partial charge in [-0.25, -0.2) is 9.40 Å². The minimum atomic E-state index is -0.284. The lowest BCUT2D eigenvalue weighted by Crippen LogP contribution is -2.36. The van der Waals surface area contributed by atoms with Crippen molar-refractivity contribution in [1.29, 1.82) is 0 Å². The minimum absolute atomic E-state index is 0.0520. The molecule has 0 unspecified atom stereocenters. The van der Waals surface area contributed by atoms with Gasteiger partial charge in [0, 0.05) is 13.0 Å². The van der Waals surface area contributed by atoms with Crippen LogP contribution in [0.5, 0.6) is 0 Å². The van der Waals surface area contributed by atoms with E-state index >= 15 is 0 Å². The van der Waals surface area contributed by atoms with E-state index in [-0.39, 0.29) is 24.3 Å². The van der Waals surface area contributed by atoms with E-state index in [9.17, 15) is 9.18 Å². The molecule has 4 nitrogen and oxygen atoms in total. The second kappa shape index (κ2) is 9.23. The standard InChI is InChI=1S/C26H26FN3O/c1-19-8-6-7-11-23(19)25-16-24(21-12-14-22(27)15-13-21)28-30(25)26(31)18-29(2)17-20-9-4-3-5-10-20/h3-15,25H,16-18H2,1-2H3/t25-/m0/s1. The molecule has 4 rings (SSSR count). The van der Waals surface area contributed by atoms with Gasteiger partial charge in [0.25, 0.3) is 5.91 Å². The predicted molar refractivity (Wildman–Crippen MR) is 121 cm³/mol. The van der Waals surface area contributed by atoms with Crippen LogP contribution >= 0.6 is 0 Å². The second-order valence-corrected chi connectivity index (χ2v) is 8.03. The van der Waals surface area contributed by atoms with Crippen LogP contribution < -0.4 is 0 Å². The third-order valence-corrected chi connectivity index (χ3v) is 5.59. The van der Waals surface area contributed by atoms with Crippen molar-refractivity contribution < 1.29 is 9.18 Å². The smallest absolute Gasteiger partial charge is 0.257 e. The van der Waals surface area contributed by atoms with Gasteiger partial charge in [0.15, 0.2) is 0 Å². The number of aryl methyl sites for hydroxylation is 1. The van der Waals surface area contributed by atoms with Gasteiger partial charge in [-0.15, -0.1) is 0 Å².